The summed E-state index contributed by atoms with van der Waals surface area (Å²) in [5, 5.41) is 0. The lowest BCUT2D eigenvalue weighted by molar-refractivity contribution is -0.137. The van der Waals surface area contributed by atoms with Crippen LogP contribution in [0.5, 0.6) is 0 Å². The van der Waals surface area contributed by atoms with Crippen LogP contribution in [0, 0.1) is 0 Å². The number of nitrogens with zero attached hydrogens (tertiary/aromatic N) is 1. The SMILES string of the molecule is CCCCCSc1cn(C)cc(-c2cccc(C(F)(F)F)c2)c1=O. The molecule has 0 fully saturated rings. The maximum Gasteiger partial charge on any atom is 0.416 e. The van der Waals surface area contributed by atoms with Crippen molar-refractivity contribution >= 4 is 11.8 Å². The number of aryl methyl sites for hydroxylation is 1. The summed E-state index contributed by atoms with van der Waals surface area (Å²) in [4.78, 5) is 13.2. The molecule has 0 unspecified atom stereocenters. The molecule has 1 aromatic heterocycles. The average molecular weight is 355 g/mol. The maximum atomic E-state index is 12.9. The van der Waals surface area contributed by atoms with Crippen molar-refractivity contribution in [2.75, 3.05) is 5.75 Å². The molecule has 0 amide bonds. The molecule has 0 bridgehead atoms. The molecule has 0 saturated heterocycles. The van der Waals surface area contributed by atoms with Crippen molar-refractivity contribution in [3.63, 3.8) is 0 Å². The highest BCUT2D eigenvalue weighted by molar-refractivity contribution is 7.99. The molecule has 1 heterocycles. The molecular formula is C18H20F3NOS. The monoisotopic (exact) mass is 355 g/mol. The molecule has 0 saturated carbocycles. The number of halogens is 3. The van der Waals surface area contributed by atoms with E-state index in [9.17, 15) is 18.0 Å². The van der Waals surface area contributed by atoms with E-state index in [-0.39, 0.29) is 5.43 Å². The molecule has 130 valence electrons. The van der Waals surface area contributed by atoms with Gasteiger partial charge in [0.1, 0.15) is 0 Å². The third-order valence-electron chi connectivity index (χ3n) is 3.63. The van der Waals surface area contributed by atoms with Crippen LogP contribution in [0.1, 0.15) is 31.7 Å². The van der Waals surface area contributed by atoms with Gasteiger partial charge in [0, 0.05) is 25.0 Å². The van der Waals surface area contributed by atoms with Crippen LogP contribution in [0.15, 0.2) is 46.3 Å². The second kappa shape index (κ2) is 7.92. The predicted octanol–water partition coefficient (Wildman–Crippen LogP) is 5.35. The Bertz CT molecular complexity index is 753. The zero-order valence-corrected chi connectivity index (χ0v) is 14.5. The number of rotatable bonds is 6. The first kappa shape index (κ1) is 18.6. The molecule has 24 heavy (non-hydrogen) atoms. The molecular weight excluding hydrogens is 335 g/mol. The van der Waals surface area contributed by atoms with Crippen LogP contribution in [0.3, 0.4) is 0 Å². The first-order chi connectivity index (χ1) is 11.3. The van der Waals surface area contributed by atoms with Crippen LogP contribution in [0.4, 0.5) is 13.2 Å². The normalized spacial score (nSPS) is 11.7. The van der Waals surface area contributed by atoms with E-state index in [0.717, 1.165) is 37.1 Å². The third kappa shape index (κ3) is 4.66. The van der Waals surface area contributed by atoms with Crippen molar-refractivity contribution in [2.45, 2.75) is 37.3 Å². The predicted molar refractivity (Wildman–Crippen MR) is 92.4 cm³/mol. The van der Waals surface area contributed by atoms with Crippen LogP contribution in [0.2, 0.25) is 0 Å². The van der Waals surface area contributed by atoms with E-state index in [1.165, 1.54) is 23.9 Å². The summed E-state index contributed by atoms with van der Waals surface area (Å²) in [6, 6.07) is 4.91. The molecule has 0 N–H and O–H groups in total. The first-order valence-electron chi connectivity index (χ1n) is 7.83. The quantitative estimate of drug-likeness (QED) is 0.514. The summed E-state index contributed by atoms with van der Waals surface area (Å²) in [5.41, 5.74) is -0.373. The summed E-state index contributed by atoms with van der Waals surface area (Å²) in [6.45, 7) is 2.11. The van der Waals surface area contributed by atoms with Gasteiger partial charge in [-0.05, 0) is 29.9 Å². The van der Waals surface area contributed by atoms with Gasteiger partial charge in [-0.1, -0.05) is 31.9 Å². The Morgan fingerprint density at radius 3 is 2.58 bits per heavy atom. The van der Waals surface area contributed by atoms with E-state index in [0.29, 0.717) is 16.0 Å². The fraction of sp³-hybridized carbons (Fsp3) is 0.389. The van der Waals surface area contributed by atoms with Crippen LogP contribution in [-0.4, -0.2) is 10.3 Å². The Balaban J connectivity index is 2.37. The van der Waals surface area contributed by atoms with Crippen molar-refractivity contribution in [3.05, 3.63) is 52.4 Å². The molecule has 2 nitrogen and oxygen atoms in total. The molecule has 1 aromatic carbocycles. The van der Waals surface area contributed by atoms with Gasteiger partial charge in [-0.2, -0.15) is 13.2 Å². The van der Waals surface area contributed by atoms with Gasteiger partial charge in [0.2, 0.25) is 5.43 Å². The van der Waals surface area contributed by atoms with Crippen molar-refractivity contribution in [1.82, 2.24) is 4.57 Å². The van der Waals surface area contributed by atoms with Gasteiger partial charge in [0.25, 0.3) is 0 Å². The Morgan fingerprint density at radius 1 is 1.17 bits per heavy atom. The molecule has 0 spiro atoms. The molecule has 6 heteroatoms. The van der Waals surface area contributed by atoms with Gasteiger partial charge in [-0.25, -0.2) is 0 Å². The van der Waals surface area contributed by atoms with Crippen molar-refractivity contribution in [2.24, 2.45) is 7.05 Å². The number of alkyl halides is 3. The second-order valence-electron chi connectivity index (χ2n) is 5.66. The summed E-state index contributed by atoms with van der Waals surface area (Å²) in [5.74, 6) is 0.828. The van der Waals surface area contributed by atoms with Gasteiger partial charge >= 0.3 is 6.18 Å². The number of hydrogen-bond acceptors (Lipinski definition) is 2. The molecule has 0 radical (unpaired) electrons. The van der Waals surface area contributed by atoms with Gasteiger partial charge in [0.15, 0.2) is 0 Å². The van der Waals surface area contributed by atoms with Crippen LogP contribution < -0.4 is 5.43 Å². The Kier molecular flexibility index (Phi) is 6.15. The van der Waals surface area contributed by atoms with Gasteiger partial charge in [-0.15, -0.1) is 11.8 Å². The highest BCUT2D eigenvalue weighted by atomic mass is 32.2. The maximum absolute atomic E-state index is 12.9. The lowest BCUT2D eigenvalue weighted by Crippen LogP contribution is -2.12. The Morgan fingerprint density at radius 2 is 1.92 bits per heavy atom. The number of aromatic nitrogens is 1. The fourth-order valence-electron chi connectivity index (χ4n) is 2.38. The zero-order chi connectivity index (χ0) is 17.7. The number of thioether (sulfide) groups is 1. The molecule has 0 aliphatic rings. The van der Waals surface area contributed by atoms with Gasteiger partial charge < -0.3 is 4.57 Å². The number of pyridine rings is 1. The van der Waals surface area contributed by atoms with E-state index >= 15 is 0 Å². The van der Waals surface area contributed by atoms with E-state index in [1.54, 1.807) is 24.0 Å². The molecule has 0 atom stereocenters. The van der Waals surface area contributed by atoms with Crippen molar-refractivity contribution in [1.29, 1.82) is 0 Å². The van der Waals surface area contributed by atoms with Crippen molar-refractivity contribution in [3.8, 4) is 11.1 Å². The van der Waals surface area contributed by atoms with E-state index in [4.69, 9.17) is 0 Å². The minimum Gasteiger partial charge on any atom is -0.355 e. The molecule has 2 rings (SSSR count). The van der Waals surface area contributed by atoms with Crippen LogP contribution in [0.25, 0.3) is 11.1 Å². The molecule has 0 aliphatic carbocycles. The number of benzene rings is 1. The first-order valence-corrected chi connectivity index (χ1v) is 8.82. The summed E-state index contributed by atoms with van der Waals surface area (Å²) in [7, 11) is 1.77. The number of unbranched alkanes of at least 4 members (excludes halogenated alkanes) is 2. The van der Waals surface area contributed by atoms with Crippen LogP contribution in [-0.2, 0) is 13.2 Å². The minimum atomic E-state index is -4.42. The second-order valence-corrected chi connectivity index (χ2v) is 6.80. The zero-order valence-electron chi connectivity index (χ0n) is 13.7. The fourth-order valence-corrected chi connectivity index (χ4v) is 3.43. The Hall–Kier alpha value is -1.69. The minimum absolute atomic E-state index is 0.214. The van der Waals surface area contributed by atoms with E-state index in [2.05, 4.69) is 6.92 Å². The largest absolute Gasteiger partial charge is 0.416 e. The highest BCUT2D eigenvalue weighted by Crippen LogP contribution is 2.31. The van der Waals surface area contributed by atoms with E-state index in [1.807, 2.05) is 0 Å². The summed E-state index contributed by atoms with van der Waals surface area (Å²) < 4.78 is 40.4. The summed E-state index contributed by atoms with van der Waals surface area (Å²) >= 11 is 1.46. The van der Waals surface area contributed by atoms with E-state index < -0.39 is 11.7 Å². The summed E-state index contributed by atoms with van der Waals surface area (Å²) in [6.07, 6.45) is 2.10. The smallest absolute Gasteiger partial charge is 0.355 e. The Labute approximate surface area is 143 Å². The van der Waals surface area contributed by atoms with Gasteiger partial charge in [0.05, 0.1) is 10.5 Å². The average Bonchev–Trinajstić information content (AvgIpc) is 2.53. The van der Waals surface area contributed by atoms with Crippen molar-refractivity contribution < 1.29 is 13.2 Å². The molecule has 2 aromatic rings. The topological polar surface area (TPSA) is 22.0 Å². The lowest BCUT2D eigenvalue weighted by Gasteiger charge is -2.11. The van der Waals surface area contributed by atoms with Gasteiger partial charge in [-0.3, -0.25) is 4.79 Å². The van der Waals surface area contributed by atoms with Crippen LogP contribution >= 0.6 is 11.8 Å². The number of hydrogen-bond donors (Lipinski definition) is 0. The third-order valence-corrected chi connectivity index (χ3v) is 4.72. The standard InChI is InChI=1S/C18H20F3NOS/c1-3-4-5-9-24-16-12-22(2)11-15(17(16)23)13-7-6-8-14(10-13)18(19,20)21/h6-8,10-12H,3-5,9H2,1-2H3. The lowest BCUT2D eigenvalue weighted by atomic mass is 10.0. The highest BCUT2D eigenvalue weighted by Gasteiger charge is 2.30. The molecule has 0 aliphatic heterocycles.